The van der Waals surface area contributed by atoms with Crippen molar-refractivity contribution in [1.29, 1.82) is 5.26 Å². The second kappa shape index (κ2) is 5.53. The lowest BCUT2D eigenvalue weighted by Crippen LogP contribution is -2.39. The lowest BCUT2D eigenvalue weighted by molar-refractivity contribution is 0.685. The molecule has 0 saturated heterocycles. The summed E-state index contributed by atoms with van der Waals surface area (Å²) < 4.78 is 2.81. The molecule has 6 nitrogen and oxygen atoms in total. The van der Waals surface area contributed by atoms with E-state index < -0.39 is 11.2 Å². The van der Waals surface area contributed by atoms with Crippen molar-refractivity contribution < 1.29 is 0 Å². The molecule has 2 rings (SSSR count). The average molecular weight is 311 g/mol. The van der Waals surface area contributed by atoms with Crippen molar-refractivity contribution in [3.8, 4) is 6.07 Å². The van der Waals surface area contributed by atoms with Crippen LogP contribution in [0, 0.1) is 11.3 Å². The fourth-order valence-electron chi connectivity index (χ4n) is 1.77. The van der Waals surface area contributed by atoms with Gasteiger partial charge >= 0.3 is 5.69 Å². The normalized spacial score (nSPS) is 10.3. The highest BCUT2D eigenvalue weighted by Gasteiger charge is 2.15. The van der Waals surface area contributed by atoms with Gasteiger partial charge in [-0.2, -0.15) is 5.26 Å². The predicted molar refractivity (Wildman–Crippen MR) is 78.3 cm³/mol. The van der Waals surface area contributed by atoms with Gasteiger partial charge in [0.2, 0.25) is 0 Å². The molecule has 2 heterocycles. The highest BCUT2D eigenvalue weighted by Crippen LogP contribution is 2.22. The van der Waals surface area contributed by atoms with Crippen LogP contribution in [0.1, 0.15) is 10.4 Å². The smallest absolute Gasteiger partial charge is 0.332 e. The molecule has 2 aromatic heterocycles. The molecule has 0 aliphatic rings. The fourth-order valence-corrected chi connectivity index (χ4v) is 2.80. The SMILES string of the molecule is Cn1c(NCc2ccc(Cl)s2)c(C#N)c(=O)n(C)c1=O. The van der Waals surface area contributed by atoms with Gasteiger partial charge in [-0.15, -0.1) is 11.3 Å². The molecule has 0 aromatic carbocycles. The quantitative estimate of drug-likeness (QED) is 0.926. The van der Waals surface area contributed by atoms with Crippen LogP contribution in [0.4, 0.5) is 5.82 Å². The number of nitrogens with one attached hydrogen (secondary N) is 1. The summed E-state index contributed by atoms with van der Waals surface area (Å²) in [6.07, 6.45) is 0. The number of hydrogen-bond donors (Lipinski definition) is 1. The molecular formula is C12H11ClN4O2S. The van der Waals surface area contributed by atoms with Gasteiger partial charge in [-0.3, -0.25) is 13.9 Å². The predicted octanol–water partition coefficient (Wildman–Crippen LogP) is 1.28. The lowest BCUT2D eigenvalue weighted by Gasteiger charge is -2.12. The number of thiophene rings is 1. The van der Waals surface area contributed by atoms with Gasteiger partial charge in [-0.05, 0) is 12.1 Å². The lowest BCUT2D eigenvalue weighted by atomic mass is 10.3. The van der Waals surface area contributed by atoms with Gasteiger partial charge in [0.15, 0.2) is 5.56 Å². The Morgan fingerprint density at radius 1 is 1.35 bits per heavy atom. The average Bonchev–Trinajstić information content (AvgIpc) is 2.84. The molecule has 0 aliphatic heterocycles. The number of nitrogens with zero attached hydrogens (tertiary/aromatic N) is 3. The molecule has 0 fully saturated rings. The van der Waals surface area contributed by atoms with Crippen LogP contribution in [-0.4, -0.2) is 9.13 Å². The van der Waals surface area contributed by atoms with Crippen molar-refractivity contribution >= 4 is 28.8 Å². The Kier molecular flexibility index (Phi) is 3.97. The van der Waals surface area contributed by atoms with Gasteiger partial charge < -0.3 is 5.32 Å². The van der Waals surface area contributed by atoms with E-state index in [4.69, 9.17) is 16.9 Å². The molecule has 0 radical (unpaired) electrons. The van der Waals surface area contributed by atoms with Crippen LogP contribution >= 0.6 is 22.9 Å². The van der Waals surface area contributed by atoms with Crippen molar-refractivity contribution in [3.05, 3.63) is 47.7 Å². The van der Waals surface area contributed by atoms with Crippen molar-refractivity contribution in [2.45, 2.75) is 6.54 Å². The highest BCUT2D eigenvalue weighted by atomic mass is 35.5. The zero-order valence-corrected chi connectivity index (χ0v) is 12.4. The molecule has 2 aromatic rings. The van der Waals surface area contributed by atoms with Crippen molar-refractivity contribution in [2.24, 2.45) is 14.1 Å². The number of halogens is 1. The Hall–Kier alpha value is -2.04. The Morgan fingerprint density at radius 2 is 2.05 bits per heavy atom. The maximum Gasteiger partial charge on any atom is 0.332 e. The first-order valence-electron chi connectivity index (χ1n) is 5.64. The summed E-state index contributed by atoms with van der Waals surface area (Å²) in [6.45, 7) is 0.381. The standard InChI is InChI=1S/C12H11ClN4O2S/c1-16-10(15-6-7-3-4-9(13)20-7)8(5-14)11(18)17(2)12(16)19/h3-4,15H,6H2,1-2H3. The van der Waals surface area contributed by atoms with Crippen molar-refractivity contribution in [3.63, 3.8) is 0 Å². The molecule has 0 unspecified atom stereocenters. The van der Waals surface area contributed by atoms with E-state index >= 15 is 0 Å². The first-order valence-corrected chi connectivity index (χ1v) is 6.83. The summed E-state index contributed by atoms with van der Waals surface area (Å²) in [5.41, 5.74) is -1.18. The van der Waals surface area contributed by atoms with Gasteiger partial charge in [0.1, 0.15) is 11.9 Å². The third-order valence-corrected chi connectivity index (χ3v) is 4.07. The minimum Gasteiger partial charge on any atom is -0.365 e. The fraction of sp³-hybridized carbons (Fsp3) is 0.250. The van der Waals surface area contributed by atoms with E-state index in [2.05, 4.69) is 5.32 Å². The van der Waals surface area contributed by atoms with E-state index in [0.717, 1.165) is 9.44 Å². The van der Waals surface area contributed by atoms with Gasteiger partial charge in [-0.25, -0.2) is 4.79 Å². The summed E-state index contributed by atoms with van der Waals surface area (Å²) in [4.78, 5) is 24.7. The van der Waals surface area contributed by atoms with E-state index in [-0.39, 0.29) is 11.4 Å². The zero-order valence-electron chi connectivity index (χ0n) is 10.8. The second-order valence-corrected chi connectivity index (χ2v) is 5.90. The van der Waals surface area contributed by atoms with E-state index in [1.807, 2.05) is 12.1 Å². The first kappa shape index (κ1) is 14.4. The van der Waals surface area contributed by atoms with Crippen molar-refractivity contribution in [1.82, 2.24) is 9.13 Å². The molecule has 0 bridgehead atoms. The molecule has 0 atom stereocenters. The second-order valence-electron chi connectivity index (χ2n) is 4.10. The number of rotatable bonds is 3. The molecular weight excluding hydrogens is 300 g/mol. The molecule has 8 heteroatoms. The maximum absolute atomic E-state index is 11.9. The van der Waals surface area contributed by atoms with Gasteiger partial charge in [0.25, 0.3) is 5.56 Å². The topological polar surface area (TPSA) is 79.8 Å². The van der Waals surface area contributed by atoms with Crippen LogP contribution < -0.4 is 16.6 Å². The molecule has 1 N–H and O–H groups in total. The van der Waals surface area contributed by atoms with Crippen LogP contribution in [-0.2, 0) is 20.6 Å². The van der Waals surface area contributed by atoms with Crippen molar-refractivity contribution in [2.75, 3.05) is 5.32 Å². The van der Waals surface area contributed by atoms with Crippen LogP contribution in [0.15, 0.2) is 21.7 Å². The molecule has 20 heavy (non-hydrogen) atoms. The minimum absolute atomic E-state index is 0.0859. The summed E-state index contributed by atoms with van der Waals surface area (Å²) in [7, 11) is 2.85. The first-order chi connectivity index (χ1) is 9.45. The van der Waals surface area contributed by atoms with E-state index in [0.29, 0.717) is 10.9 Å². The monoisotopic (exact) mass is 310 g/mol. The number of hydrogen-bond acceptors (Lipinski definition) is 5. The number of anilines is 1. The summed E-state index contributed by atoms with van der Waals surface area (Å²) in [5, 5.41) is 12.1. The van der Waals surface area contributed by atoms with E-state index in [9.17, 15) is 9.59 Å². The van der Waals surface area contributed by atoms with Crippen LogP contribution in [0.25, 0.3) is 0 Å². The van der Waals surface area contributed by atoms with E-state index in [1.54, 1.807) is 6.07 Å². The third-order valence-electron chi connectivity index (χ3n) is 2.84. The minimum atomic E-state index is -0.609. The summed E-state index contributed by atoms with van der Waals surface area (Å²) >= 11 is 7.22. The molecule has 0 aliphatic carbocycles. The molecule has 0 saturated carbocycles. The molecule has 0 spiro atoms. The Bertz CT molecular complexity index is 812. The van der Waals surface area contributed by atoms with Crippen LogP contribution in [0.5, 0.6) is 0 Å². The summed E-state index contributed by atoms with van der Waals surface area (Å²) in [6, 6.07) is 5.44. The van der Waals surface area contributed by atoms with E-state index in [1.165, 1.54) is 30.0 Å². The van der Waals surface area contributed by atoms with Gasteiger partial charge in [0, 0.05) is 19.0 Å². The number of nitriles is 1. The highest BCUT2D eigenvalue weighted by molar-refractivity contribution is 7.16. The van der Waals surface area contributed by atoms with Crippen LogP contribution in [0.3, 0.4) is 0 Å². The van der Waals surface area contributed by atoms with Crippen LogP contribution in [0.2, 0.25) is 4.34 Å². The molecule has 104 valence electrons. The summed E-state index contributed by atoms with van der Waals surface area (Å²) in [5.74, 6) is 0.213. The van der Waals surface area contributed by atoms with Gasteiger partial charge in [0.05, 0.1) is 10.9 Å². The maximum atomic E-state index is 11.9. The largest absolute Gasteiger partial charge is 0.365 e. The van der Waals surface area contributed by atoms with Gasteiger partial charge in [-0.1, -0.05) is 11.6 Å². The Morgan fingerprint density at radius 3 is 2.60 bits per heavy atom. The third kappa shape index (κ3) is 2.48. The Labute approximate surface area is 123 Å². The number of aromatic nitrogens is 2. The zero-order chi connectivity index (χ0) is 14.9. The molecule has 0 amide bonds. The Balaban J connectivity index is 2.44.